The number of amides is 4. The summed E-state index contributed by atoms with van der Waals surface area (Å²) in [5.74, 6) is -1.81. The van der Waals surface area contributed by atoms with E-state index < -0.39 is 29.6 Å². The predicted molar refractivity (Wildman–Crippen MR) is 61.1 cm³/mol. The Bertz CT molecular complexity index is 596. The number of carbonyl (C=O) groups is 3. The molecule has 0 radical (unpaired) electrons. The fourth-order valence-electron chi connectivity index (χ4n) is 1.54. The molecule has 1 aromatic carbocycles. The first-order valence-corrected chi connectivity index (χ1v) is 5.33. The number of nitrogens with one attached hydrogen (secondary N) is 2. The van der Waals surface area contributed by atoms with Crippen LogP contribution in [0.2, 0.25) is 0 Å². The first-order chi connectivity index (χ1) is 9.27. The summed E-state index contributed by atoms with van der Waals surface area (Å²) in [4.78, 5) is 33.6. The molecule has 0 bridgehead atoms. The van der Waals surface area contributed by atoms with E-state index in [2.05, 4.69) is 0 Å². The Kier molecular flexibility index (Phi) is 3.31. The molecule has 20 heavy (non-hydrogen) atoms. The summed E-state index contributed by atoms with van der Waals surface area (Å²) in [5.41, 5.74) is -0.968. The topological polar surface area (TPSA) is 75.3 Å². The highest BCUT2D eigenvalue weighted by atomic mass is 19.4. The van der Waals surface area contributed by atoms with Gasteiger partial charge in [0, 0.05) is 0 Å². The van der Waals surface area contributed by atoms with Crippen LogP contribution in [0, 0.1) is 0 Å². The number of hydrogen-bond donors (Lipinski definition) is 2. The monoisotopic (exact) mass is 284 g/mol. The molecule has 4 amide bonds. The van der Waals surface area contributed by atoms with E-state index in [0.717, 1.165) is 30.3 Å². The molecule has 0 unspecified atom stereocenters. The number of hydrogen-bond acceptors (Lipinski definition) is 3. The molecule has 1 fully saturated rings. The summed E-state index contributed by atoms with van der Waals surface area (Å²) in [6.45, 7) is 0. The van der Waals surface area contributed by atoms with Crippen molar-refractivity contribution in [3.05, 3.63) is 41.0 Å². The van der Waals surface area contributed by atoms with Gasteiger partial charge in [0.25, 0.3) is 11.8 Å². The lowest BCUT2D eigenvalue weighted by atomic mass is 10.1. The van der Waals surface area contributed by atoms with Gasteiger partial charge in [0.05, 0.1) is 5.56 Å². The van der Waals surface area contributed by atoms with Crippen molar-refractivity contribution < 1.29 is 27.6 Å². The minimum atomic E-state index is -4.46. The maximum atomic E-state index is 12.4. The number of rotatable bonds is 1. The molecule has 1 heterocycles. The summed E-state index contributed by atoms with van der Waals surface area (Å²) in [6, 6.07) is 2.95. The van der Waals surface area contributed by atoms with Crippen LogP contribution in [-0.2, 0) is 15.8 Å². The van der Waals surface area contributed by atoms with Crippen LogP contribution >= 0.6 is 0 Å². The number of urea groups is 1. The van der Waals surface area contributed by atoms with Crippen LogP contribution in [0.4, 0.5) is 18.0 Å². The minimum Gasteiger partial charge on any atom is -0.273 e. The van der Waals surface area contributed by atoms with Crippen molar-refractivity contribution in [3.63, 3.8) is 0 Å². The van der Waals surface area contributed by atoms with Crippen molar-refractivity contribution in [2.75, 3.05) is 0 Å². The van der Waals surface area contributed by atoms with Crippen LogP contribution < -0.4 is 10.6 Å². The van der Waals surface area contributed by atoms with Crippen LogP contribution in [0.1, 0.15) is 11.1 Å². The molecule has 2 N–H and O–H groups in total. The third-order valence-electron chi connectivity index (χ3n) is 2.49. The summed E-state index contributed by atoms with van der Waals surface area (Å²) in [6.07, 6.45) is -3.37. The quantitative estimate of drug-likeness (QED) is 0.605. The molecule has 8 heteroatoms. The number of barbiturate groups is 1. The first-order valence-electron chi connectivity index (χ1n) is 5.33. The lowest BCUT2D eigenvalue weighted by molar-refractivity contribution is -0.137. The van der Waals surface area contributed by atoms with Crippen molar-refractivity contribution in [1.29, 1.82) is 0 Å². The molecule has 5 nitrogen and oxygen atoms in total. The summed E-state index contributed by atoms with van der Waals surface area (Å²) < 4.78 is 37.1. The van der Waals surface area contributed by atoms with Gasteiger partial charge in [-0.2, -0.15) is 13.2 Å². The second-order valence-corrected chi connectivity index (χ2v) is 3.92. The Labute approximate surface area is 110 Å². The number of imide groups is 2. The third-order valence-corrected chi connectivity index (χ3v) is 2.49. The van der Waals surface area contributed by atoms with E-state index in [-0.39, 0.29) is 11.1 Å². The maximum absolute atomic E-state index is 12.4. The zero-order valence-corrected chi connectivity index (χ0v) is 9.75. The van der Waals surface area contributed by atoms with E-state index in [4.69, 9.17) is 0 Å². The Balaban J connectivity index is 2.29. The molecule has 104 valence electrons. The van der Waals surface area contributed by atoms with Gasteiger partial charge in [-0.15, -0.1) is 0 Å². The Hall–Kier alpha value is -2.64. The van der Waals surface area contributed by atoms with Gasteiger partial charge < -0.3 is 0 Å². The fraction of sp³-hybridized carbons (Fsp3) is 0.0833. The Morgan fingerprint density at radius 3 is 1.85 bits per heavy atom. The molecule has 1 aliphatic heterocycles. The number of carbonyl (C=O) groups excluding carboxylic acids is 3. The summed E-state index contributed by atoms with van der Waals surface area (Å²) >= 11 is 0. The second-order valence-electron chi connectivity index (χ2n) is 3.92. The molecular formula is C12H7F3N2O3. The molecule has 1 aliphatic rings. The highest BCUT2D eigenvalue weighted by Gasteiger charge is 2.30. The van der Waals surface area contributed by atoms with E-state index in [9.17, 15) is 27.6 Å². The predicted octanol–water partition coefficient (Wildman–Crippen LogP) is 1.45. The van der Waals surface area contributed by atoms with Gasteiger partial charge in [-0.05, 0) is 23.8 Å². The molecular weight excluding hydrogens is 277 g/mol. The number of halogens is 3. The van der Waals surface area contributed by atoms with Crippen LogP contribution in [0.5, 0.6) is 0 Å². The van der Waals surface area contributed by atoms with Gasteiger partial charge in [-0.25, -0.2) is 4.79 Å². The molecule has 0 aromatic heterocycles. The second kappa shape index (κ2) is 4.80. The Morgan fingerprint density at radius 2 is 1.40 bits per heavy atom. The van der Waals surface area contributed by atoms with Crippen LogP contribution in [0.15, 0.2) is 29.8 Å². The lowest BCUT2D eigenvalue weighted by Crippen LogP contribution is -2.51. The standard InChI is InChI=1S/C12H7F3N2O3/c13-12(14,15)7-3-1-6(2-4-7)5-8-9(18)16-11(20)17-10(8)19/h1-5H,(H2,16,17,18,19,20). The van der Waals surface area contributed by atoms with E-state index in [1.807, 2.05) is 10.6 Å². The molecule has 0 aliphatic carbocycles. The SMILES string of the molecule is O=C1NC(=O)C(=Cc2ccc(C(F)(F)F)cc2)C(=O)N1. The lowest BCUT2D eigenvalue weighted by Gasteiger charge is -2.14. The average Bonchev–Trinajstić information content (AvgIpc) is 2.33. The van der Waals surface area contributed by atoms with E-state index in [1.54, 1.807) is 0 Å². The van der Waals surface area contributed by atoms with E-state index >= 15 is 0 Å². The fourth-order valence-corrected chi connectivity index (χ4v) is 1.54. The van der Waals surface area contributed by atoms with Crippen molar-refractivity contribution in [3.8, 4) is 0 Å². The van der Waals surface area contributed by atoms with E-state index in [1.165, 1.54) is 0 Å². The van der Waals surface area contributed by atoms with Crippen molar-refractivity contribution in [1.82, 2.24) is 10.6 Å². The maximum Gasteiger partial charge on any atom is 0.416 e. The van der Waals surface area contributed by atoms with Gasteiger partial charge in [0.15, 0.2) is 0 Å². The third kappa shape index (κ3) is 2.85. The van der Waals surface area contributed by atoms with Crippen molar-refractivity contribution >= 4 is 23.9 Å². The first kappa shape index (κ1) is 13.8. The smallest absolute Gasteiger partial charge is 0.273 e. The van der Waals surface area contributed by atoms with Gasteiger partial charge in [0.1, 0.15) is 5.57 Å². The zero-order valence-electron chi connectivity index (χ0n) is 9.75. The summed E-state index contributed by atoms with van der Waals surface area (Å²) in [5, 5.41) is 3.72. The minimum absolute atomic E-state index is 0.229. The van der Waals surface area contributed by atoms with Crippen molar-refractivity contribution in [2.24, 2.45) is 0 Å². The van der Waals surface area contributed by atoms with Crippen LogP contribution in [-0.4, -0.2) is 17.8 Å². The number of alkyl halides is 3. The number of benzene rings is 1. The molecule has 2 rings (SSSR count). The average molecular weight is 284 g/mol. The van der Waals surface area contributed by atoms with E-state index in [0.29, 0.717) is 0 Å². The molecule has 1 aromatic rings. The molecule has 0 spiro atoms. The molecule has 1 saturated heterocycles. The largest absolute Gasteiger partial charge is 0.416 e. The highest BCUT2D eigenvalue weighted by molar-refractivity contribution is 6.31. The van der Waals surface area contributed by atoms with Crippen LogP contribution in [0.25, 0.3) is 6.08 Å². The van der Waals surface area contributed by atoms with Gasteiger partial charge in [-0.3, -0.25) is 20.2 Å². The summed E-state index contributed by atoms with van der Waals surface area (Å²) in [7, 11) is 0. The van der Waals surface area contributed by atoms with Gasteiger partial charge in [-0.1, -0.05) is 12.1 Å². The molecule has 0 saturated carbocycles. The highest BCUT2D eigenvalue weighted by Crippen LogP contribution is 2.29. The molecule has 0 atom stereocenters. The van der Waals surface area contributed by atoms with Crippen LogP contribution in [0.3, 0.4) is 0 Å². The van der Waals surface area contributed by atoms with Gasteiger partial charge in [0.2, 0.25) is 0 Å². The zero-order chi connectivity index (χ0) is 14.9. The van der Waals surface area contributed by atoms with Gasteiger partial charge >= 0.3 is 12.2 Å². The van der Waals surface area contributed by atoms with Crippen molar-refractivity contribution in [2.45, 2.75) is 6.18 Å². The Morgan fingerprint density at radius 1 is 0.900 bits per heavy atom. The normalized spacial score (nSPS) is 15.8.